The lowest BCUT2D eigenvalue weighted by atomic mass is 10.0. The standard InChI is InChI=1S/C14H22N2O2/c1-5-12(9(2)3)16-14(17)11-7-6-10(15)8-13(11)18-4/h6-9,12H,5,15H2,1-4H3,(H,16,17). The summed E-state index contributed by atoms with van der Waals surface area (Å²) in [6.07, 6.45) is 0.903. The number of hydrogen-bond donors (Lipinski definition) is 2. The molecule has 4 heteroatoms. The molecule has 1 unspecified atom stereocenters. The first-order valence-electron chi connectivity index (χ1n) is 6.24. The van der Waals surface area contributed by atoms with Gasteiger partial charge in [0.05, 0.1) is 12.7 Å². The van der Waals surface area contributed by atoms with E-state index in [0.717, 1.165) is 6.42 Å². The van der Waals surface area contributed by atoms with E-state index in [1.54, 1.807) is 18.2 Å². The zero-order valence-electron chi connectivity index (χ0n) is 11.5. The molecular formula is C14H22N2O2. The predicted molar refractivity (Wildman–Crippen MR) is 73.8 cm³/mol. The third kappa shape index (κ3) is 3.39. The second kappa shape index (κ2) is 6.28. The van der Waals surface area contributed by atoms with Crippen LogP contribution in [0.5, 0.6) is 5.75 Å². The number of carbonyl (C=O) groups excluding carboxylic acids is 1. The molecule has 0 aromatic heterocycles. The topological polar surface area (TPSA) is 64.4 Å². The molecule has 18 heavy (non-hydrogen) atoms. The molecule has 0 fully saturated rings. The molecule has 1 aromatic carbocycles. The molecule has 1 amide bonds. The van der Waals surface area contributed by atoms with E-state index in [4.69, 9.17) is 10.5 Å². The summed E-state index contributed by atoms with van der Waals surface area (Å²) in [5.41, 5.74) is 6.77. The largest absolute Gasteiger partial charge is 0.496 e. The molecule has 100 valence electrons. The molecule has 0 bridgehead atoms. The van der Waals surface area contributed by atoms with E-state index < -0.39 is 0 Å². The van der Waals surface area contributed by atoms with Crippen molar-refractivity contribution >= 4 is 11.6 Å². The lowest BCUT2D eigenvalue weighted by molar-refractivity contribution is 0.0921. The molecule has 0 heterocycles. The van der Waals surface area contributed by atoms with Crippen LogP contribution in [0.15, 0.2) is 18.2 Å². The number of methoxy groups -OCH3 is 1. The molecule has 3 N–H and O–H groups in total. The monoisotopic (exact) mass is 250 g/mol. The fraction of sp³-hybridized carbons (Fsp3) is 0.500. The second-order valence-corrected chi connectivity index (χ2v) is 4.69. The van der Waals surface area contributed by atoms with Crippen molar-refractivity contribution in [3.63, 3.8) is 0 Å². The predicted octanol–water partition coefficient (Wildman–Crippen LogP) is 2.44. The molecule has 0 spiro atoms. The van der Waals surface area contributed by atoms with Crippen molar-refractivity contribution in [1.29, 1.82) is 0 Å². The SMILES string of the molecule is CCC(NC(=O)c1ccc(N)cc1OC)C(C)C. The van der Waals surface area contributed by atoms with Crippen LogP contribution in [-0.4, -0.2) is 19.1 Å². The van der Waals surface area contributed by atoms with E-state index in [0.29, 0.717) is 22.9 Å². The Morgan fingerprint density at radius 2 is 2.11 bits per heavy atom. The highest BCUT2D eigenvalue weighted by Crippen LogP contribution is 2.21. The minimum absolute atomic E-state index is 0.118. The van der Waals surface area contributed by atoms with Crippen molar-refractivity contribution in [2.75, 3.05) is 12.8 Å². The first-order chi connectivity index (χ1) is 8.49. The van der Waals surface area contributed by atoms with Gasteiger partial charge in [-0.15, -0.1) is 0 Å². The zero-order chi connectivity index (χ0) is 13.7. The summed E-state index contributed by atoms with van der Waals surface area (Å²) in [5, 5.41) is 3.02. The lowest BCUT2D eigenvalue weighted by Crippen LogP contribution is -2.38. The Labute approximate surface area is 109 Å². The maximum absolute atomic E-state index is 12.2. The number of nitrogens with one attached hydrogen (secondary N) is 1. The van der Waals surface area contributed by atoms with Crippen molar-refractivity contribution < 1.29 is 9.53 Å². The molecule has 0 aliphatic rings. The minimum Gasteiger partial charge on any atom is -0.496 e. The van der Waals surface area contributed by atoms with Crippen LogP contribution in [0.1, 0.15) is 37.6 Å². The van der Waals surface area contributed by atoms with Gasteiger partial charge in [0, 0.05) is 17.8 Å². The van der Waals surface area contributed by atoms with Gasteiger partial charge in [-0.1, -0.05) is 20.8 Å². The molecule has 4 nitrogen and oxygen atoms in total. The average molecular weight is 250 g/mol. The van der Waals surface area contributed by atoms with Gasteiger partial charge in [0.15, 0.2) is 0 Å². The van der Waals surface area contributed by atoms with Gasteiger partial charge in [0.25, 0.3) is 5.91 Å². The summed E-state index contributed by atoms with van der Waals surface area (Å²) in [4.78, 5) is 12.2. The maximum atomic E-state index is 12.2. The zero-order valence-corrected chi connectivity index (χ0v) is 11.5. The van der Waals surface area contributed by atoms with E-state index in [2.05, 4.69) is 26.1 Å². The number of amides is 1. The van der Waals surface area contributed by atoms with Crippen LogP contribution >= 0.6 is 0 Å². The van der Waals surface area contributed by atoms with Gasteiger partial charge < -0.3 is 15.8 Å². The molecule has 0 radical (unpaired) electrons. The summed E-state index contributed by atoms with van der Waals surface area (Å²) in [5.74, 6) is 0.789. The Morgan fingerprint density at radius 3 is 2.61 bits per heavy atom. The van der Waals surface area contributed by atoms with E-state index >= 15 is 0 Å². The number of carbonyl (C=O) groups is 1. The van der Waals surface area contributed by atoms with Crippen molar-refractivity contribution in [3.8, 4) is 5.75 Å². The van der Waals surface area contributed by atoms with Gasteiger partial charge in [-0.05, 0) is 24.5 Å². The van der Waals surface area contributed by atoms with Gasteiger partial charge in [0.2, 0.25) is 0 Å². The van der Waals surface area contributed by atoms with Crippen LogP contribution in [0.4, 0.5) is 5.69 Å². The molecule has 0 saturated heterocycles. The molecule has 0 saturated carbocycles. The number of nitrogen functional groups attached to an aromatic ring is 1. The summed E-state index contributed by atoms with van der Waals surface area (Å²) in [7, 11) is 1.53. The Morgan fingerprint density at radius 1 is 1.44 bits per heavy atom. The van der Waals surface area contributed by atoms with Crippen LogP contribution < -0.4 is 15.8 Å². The summed E-state index contributed by atoms with van der Waals surface area (Å²) in [6.45, 7) is 6.24. The first-order valence-corrected chi connectivity index (χ1v) is 6.24. The normalized spacial score (nSPS) is 12.3. The van der Waals surface area contributed by atoms with Gasteiger partial charge in [0.1, 0.15) is 5.75 Å². The smallest absolute Gasteiger partial charge is 0.255 e. The molecule has 0 aliphatic carbocycles. The van der Waals surface area contributed by atoms with Crippen LogP contribution in [0.3, 0.4) is 0 Å². The van der Waals surface area contributed by atoms with Crippen LogP contribution in [0.2, 0.25) is 0 Å². The fourth-order valence-corrected chi connectivity index (χ4v) is 1.88. The molecule has 1 atom stereocenters. The van der Waals surface area contributed by atoms with E-state index in [9.17, 15) is 4.79 Å². The van der Waals surface area contributed by atoms with Crippen LogP contribution in [-0.2, 0) is 0 Å². The minimum atomic E-state index is -0.118. The van der Waals surface area contributed by atoms with Crippen molar-refractivity contribution in [2.45, 2.75) is 33.2 Å². The number of nitrogens with two attached hydrogens (primary N) is 1. The number of rotatable bonds is 5. The first kappa shape index (κ1) is 14.4. The van der Waals surface area contributed by atoms with Crippen molar-refractivity contribution in [2.24, 2.45) is 5.92 Å². The number of anilines is 1. The number of benzene rings is 1. The van der Waals surface area contributed by atoms with Crippen LogP contribution in [0.25, 0.3) is 0 Å². The summed E-state index contributed by atoms with van der Waals surface area (Å²) in [6, 6.07) is 5.22. The van der Waals surface area contributed by atoms with Gasteiger partial charge >= 0.3 is 0 Å². The lowest BCUT2D eigenvalue weighted by Gasteiger charge is -2.21. The van der Waals surface area contributed by atoms with E-state index in [1.807, 2.05) is 0 Å². The Bertz CT molecular complexity index is 416. The Balaban J connectivity index is 2.90. The number of ether oxygens (including phenoxy) is 1. The highest BCUT2D eigenvalue weighted by atomic mass is 16.5. The van der Waals surface area contributed by atoms with Crippen molar-refractivity contribution in [1.82, 2.24) is 5.32 Å². The quantitative estimate of drug-likeness (QED) is 0.789. The third-order valence-electron chi connectivity index (χ3n) is 3.03. The maximum Gasteiger partial charge on any atom is 0.255 e. The van der Waals surface area contributed by atoms with Gasteiger partial charge in [-0.25, -0.2) is 0 Å². The third-order valence-corrected chi connectivity index (χ3v) is 3.03. The molecular weight excluding hydrogens is 228 g/mol. The summed E-state index contributed by atoms with van der Waals surface area (Å²) < 4.78 is 5.18. The van der Waals surface area contributed by atoms with Gasteiger partial charge in [-0.3, -0.25) is 4.79 Å². The van der Waals surface area contributed by atoms with Crippen LogP contribution in [0, 0.1) is 5.92 Å². The van der Waals surface area contributed by atoms with E-state index in [1.165, 1.54) is 7.11 Å². The molecule has 1 aromatic rings. The highest BCUT2D eigenvalue weighted by molar-refractivity contribution is 5.97. The molecule has 1 rings (SSSR count). The second-order valence-electron chi connectivity index (χ2n) is 4.69. The summed E-state index contributed by atoms with van der Waals surface area (Å²) >= 11 is 0. The fourth-order valence-electron chi connectivity index (χ4n) is 1.88. The van der Waals surface area contributed by atoms with Gasteiger partial charge in [-0.2, -0.15) is 0 Å². The Hall–Kier alpha value is -1.71. The molecule has 0 aliphatic heterocycles. The Kier molecular flexibility index (Phi) is 5.01. The van der Waals surface area contributed by atoms with E-state index in [-0.39, 0.29) is 11.9 Å². The van der Waals surface area contributed by atoms with Crippen molar-refractivity contribution in [3.05, 3.63) is 23.8 Å². The average Bonchev–Trinajstić information content (AvgIpc) is 2.34. The number of hydrogen-bond acceptors (Lipinski definition) is 3. The highest BCUT2D eigenvalue weighted by Gasteiger charge is 2.18.